The number of rotatable bonds is 3. The summed E-state index contributed by atoms with van der Waals surface area (Å²) in [6.07, 6.45) is -2.97. The zero-order valence-corrected chi connectivity index (χ0v) is 8.13. The van der Waals surface area contributed by atoms with Crippen LogP contribution >= 0.6 is 11.6 Å². The number of carboxylic acid groups (broad SMARTS) is 1. The molecule has 4 nitrogen and oxygen atoms in total. The number of hydrogen-bond acceptors (Lipinski definition) is 3. The van der Waals surface area contributed by atoms with Crippen molar-refractivity contribution < 1.29 is 18.7 Å². The van der Waals surface area contributed by atoms with E-state index in [4.69, 9.17) is 22.4 Å². The zero-order chi connectivity index (χ0) is 11.6. The molecule has 15 heavy (non-hydrogen) atoms. The molecule has 3 N–H and O–H groups in total. The fourth-order valence-corrected chi connectivity index (χ4v) is 1.24. The first-order valence-electron chi connectivity index (χ1n) is 3.84. The summed E-state index contributed by atoms with van der Waals surface area (Å²) in [7, 11) is 0. The van der Waals surface area contributed by atoms with Crippen molar-refractivity contribution in [1.82, 2.24) is 4.98 Å². The minimum absolute atomic E-state index is 0.00759. The summed E-state index contributed by atoms with van der Waals surface area (Å²) in [6.45, 7) is 0. The van der Waals surface area contributed by atoms with E-state index in [1.165, 1.54) is 0 Å². The van der Waals surface area contributed by atoms with Gasteiger partial charge in [-0.3, -0.25) is 0 Å². The van der Waals surface area contributed by atoms with E-state index in [0.29, 0.717) is 0 Å². The van der Waals surface area contributed by atoms with Crippen LogP contribution in [0, 0.1) is 0 Å². The molecule has 1 rings (SSSR count). The minimum Gasteiger partial charge on any atom is -0.478 e. The van der Waals surface area contributed by atoms with Crippen molar-refractivity contribution in [3.8, 4) is 0 Å². The van der Waals surface area contributed by atoms with Gasteiger partial charge in [0.05, 0.1) is 22.8 Å². The summed E-state index contributed by atoms with van der Waals surface area (Å²) in [5.74, 6) is -1.64. The number of halogens is 3. The Kier molecular flexibility index (Phi) is 3.41. The lowest BCUT2D eigenvalue weighted by Gasteiger charge is -2.08. The molecule has 0 aliphatic heterocycles. The molecular weight excluding hydrogens is 230 g/mol. The summed E-state index contributed by atoms with van der Waals surface area (Å²) in [4.78, 5) is 14.0. The van der Waals surface area contributed by atoms with Crippen LogP contribution in [0.4, 0.5) is 14.5 Å². The second-order valence-corrected chi connectivity index (χ2v) is 2.96. The molecule has 0 saturated carbocycles. The summed E-state index contributed by atoms with van der Waals surface area (Å²) in [5, 5.41) is 8.64. The molecule has 7 heteroatoms. The van der Waals surface area contributed by atoms with Crippen LogP contribution in [0.5, 0.6) is 0 Å². The molecule has 0 fully saturated rings. The van der Waals surface area contributed by atoms with Crippen LogP contribution in [-0.4, -0.2) is 16.1 Å². The number of pyridine rings is 1. The molecule has 0 amide bonds. The summed E-state index contributed by atoms with van der Waals surface area (Å²) < 4.78 is 24.9. The smallest absolute Gasteiger partial charge is 0.337 e. The maximum absolute atomic E-state index is 12.4. The predicted molar refractivity (Wildman–Crippen MR) is 50.1 cm³/mol. The van der Waals surface area contributed by atoms with Crippen LogP contribution in [0.3, 0.4) is 0 Å². The number of aromatic nitrogens is 1. The van der Waals surface area contributed by atoms with Crippen molar-refractivity contribution in [2.45, 2.75) is 12.3 Å². The number of nitrogen functional groups attached to an aromatic ring is 1. The molecule has 0 unspecified atom stereocenters. The van der Waals surface area contributed by atoms with Gasteiger partial charge in [-0.15, -0.1) is 11.6 Å². The lowest BCUT2D eigenvalue weighted by Crippen LogP contribution is -2.09. The molecule has 1 aromatic heterocycles. The van der Waals surface area contributed by atoms with E-state index in [9.17, 15) is 13.6 Å². The maximum Gasteiger partial charge on any atom is 0.337 e. The average Bonchev–Trinajstić information content (AvgIpc) is 2.16. The summed E-state index contributed by atoms with van der Waals surface area (Å²) in [6, 6.07) is 0.939. The Balaban J connectivity index is 3.38. The number of aromatic carboxylic acids is 1. The van der Waals surface area contributed by atoms with Gasteiger partial charge in [-0.1, -0.05) is 0 Å². The number of anilines is 1. The van der Waals surface area contributed by atoms with Gasteiger partial charge in [0.15, 0.2) is 0 Å². The minimum atomic E-state index is -2.97. The van der Waals surface area contributed by atoms with Crippen molar-refractivity contribution in [3.63, 3.8) is 0 Å². The quantitative estimate of drug-likeness (QED) is 0.788. The molecule has 0 aliphatic carbocycles. The predicted octanol–water partition coefficient (Wildman–Crippen LogP) is 2.04. The van der Waals surface area contributed by atoms with Gasteiger partial charge in [0.1, 0.15) is 5.69 Å². The highest BCUT2D eigenvalue weighted by Crippen LogP contribution is 2.25. The number of carboxylic acids is 1. The second kappa shape index (κ2) is 4.39. The van der Waals surface area contributed by atoms with Crippen molar-refractivity contribution in [1.29, 1.82) is 0 Å². The van der Waals surface area contributed by atoms with E-state index in [1.807, 2.05) is 0 Å². The van der Waals surface area contributed by atoms with Crippen molar-refractivity contribution in [3.05, 3.63) is 23.0 Å². The fraction of sp³-hybridized carbons (Fsp3) is 0.250. The van der Waals surface area contributed by atoms with Gasteiger partial charge >= 0.3 is 5.97 Å². The fourth-order valence-electron chi connectivity index (χ4n) is 1.03. The molecular formula is C8H7ClF2N2O2. The number of hydrogen-bond donors (Lipinski definition) is 2. The third-order valence-electron chi connectivity index (χ3n) is 1.73. The molecule has 1 aromatic rings. The first-order chi connectivity index (χ1) is 6.97. The molecule has 0 aromatic carbocycles. The SMILES string of the molecule is Nc1cc(C(=O)O)c(C(F)F)nc1CCl. The number of nitrogens with zero attached hydrogens (tertiary/aromatic N) is 1. The Morgan fingerprint density at radius 3 is 2.67 bits per heavy atom. The maximum atomic E-state index is 12.4. The molecule has 0 saturated heterocycles. The van der Waals surface area contributed by atoms with Crippen LogP contribution in [-0.2, 0) is 5.88 Å². The topological polar surface area (TPSA) is 76.2 Å². The van der Waals surface area contributed by atoms with E-state index in [2.05, 4.69) is 4.98 Å². The third kappa shape index (κ3) is 2.33. The van der Waals surface area contributed by atoms with Crippen molar-refractivity contribution in [2.75, 3.05) is 5.73 Å². The first kappa shape index (κ1) is 11.6. The Hall–Kier alpha value is -1.43. The van der Waals surface area contributed by atoms with Crippen LogP contribution < -0.4 is 5.73 Å². The van der Waals surface area contributed by atoms with Gasteiger partial charge in [-0.25, -0.2) is 18.6 Å². The number of nitrogens with two attached hydrogens (primary N) is 1. The van der Waals surface area contributed by atoms with E-state index < -0.39 is 23.7 Å². The average molecular weight is 237 g/mol. The highest BCUT2D eigenvalue weighted by Gasteiger charge is 2.21. The standard InChI is InChI=1S/C8H7ClF2N2O2/c9-2-5-4(12)1-3(8(14)15)6(13-5)7(10)11/h1,7H,2,12H2,(H,14,15). The van der Waals surface area contributed by atoms with Crippen LogP contribution in [0.25, 0.3) is 0 Å². The second-order valence-electron chi connectivity index (χ2n) is 2.70. The Morgan fingerprint density at radius 2 is 2.27 bits per heavy atom. The molecule has 82 valence electrons. The Labute approximate surface area is 88.7 Å². The zero-order valence-electron chi connectivity index (χ0n) is 7.38. The van der Waals surface area contributed by atoms with Gasteiger partial charge in [0.25, 0.3) is 6.43 Å². The van der Waals surface area contributed by atoms with E-state index >= 15 is 0 Å². The summed E-state index contributed by atoms with van der Waals surface area (Å²) in [5.41, 5.74) is 4.02. The first-order valence-corrected chi connectivity index (χ1v) is 4.37. The van der Waals surface area contributed by atoms with Crippen LogP contribution in [0.2, 0.25) is 0 Å². The third-order valence-corrected chi connectivity index (χ3v) is 1.98. The lowest BCUT2D eigenvalue weighted by molar-refractivity contribution is 0.0682. The van der Waals surface area contributed by atoms with E-state index in [1.54, 1.807) is 0 Å². The van der Waals surface area contributed by atoms with Crippen LogP contribution in [0.1, 0.15) is 28.2 Å². The number of carbonyl (C=O) groups is 1. The molecule has 0 aliphatic rings. The molecule has 0 bridgehead atoms. The largest absolute Gasteiger partial charge is 0.478 e. The normalized spacial score (nSPS) is 10.7. The van der Waals surface area contributed by atoms with Crippen molar-refractivity contribution in [2.24, 2.45) is 0 Å². The van der Waals surface area contributed by atoms with Gasteiger partial charge in [-0.2, -0.15) is 0 Å². The number of alkyl halides is 3. The molecule has 0 spiro atoms. The van der Waals surface area contributed by atoms with Gasteiger partial charge in [-0.05, 0) is 6.07 Å². The molecule has 0 atom stereocenters. The Morgan fingerprint density at radius 1 is 1.67 bits per heavy atom. The van der Waals surface area contributed by atoms with E-state index in [0.717, 1.165) is 6.07 Å². The monoisotopic (exact) mass is 236 g/mol. The van der Waals surface area contributed by atoms with Gasteiger partial charge in [0.2, 0.25) is 0 Å². The molecule has 1 heterocycles. The highest BCUT2D eigenvalue weighted by molar-refractivity contribution is 6.17. The highest BCUT2D eigenvalue weighted by atomic mass is 35.5. The van der Waals surface area contributed by atoms with Gasteiger partial charge in [0, 0.05) is 0 Å². The van der Waals surface area contributed by atoms with E-state index in [-0.39, 0.29) is 17.3 Å². The van der Waals surface area contributed by atoms with Gasteiger partial charge < -0.3 is 10.8 Å². The van der Waals surface area contributed by atoms with Crippen LogP contribution in [0.15, 0.2) is 6.07 Å². The Bertz CT molecular complexity index is 398. The van der Waals surface area contributed by atoms with Crippen molar-refractivity contribution >= 4 is 23.3 Å². The lowest BCUT2D eigenvalue weighted by atomic mass is 10.1. The summed E-state index contributed by atoms with van der Waals surface area (Å²) >= 11 is 5.41. The molecule has 0 radical (unpaired) electrons.